The molecule has 0 fully saturated rings. The molecule has 6 aromatic rings. The van der Waals surface area contributed by atoms with Crippen molar-refractivity contribution >= 4 is 45.8 Å². The van der Waals surface area contributed by atoms with Gasteiger partial charge in [-0.05, 0) is 54.9 Å². The Balaban J connectivity index is 1.46. The fourth-order valence-corrected chi connectivity index (χ4v) is 4.91. The van der Waals surface area contributed by atoms with E-state index in [-0.39, 0.29) is 0 Å². The normalized spacial score (nSPS) is 11.7. The van der Waals surface area contributed by atoms with Crippen LogP contribution in [0.15, 0.2) is 133 Å². The molecule has 36 heavy (non-hydrogen) atoms. The van der Waals surface area contributed by atoms with Crippen LogP contribution in [0.1, 0.15) is 22.3 Å². The maximum atomic E-state index is 2.27. The van der Waals surface area contributed by atoms with E-state index < -0.39 is 0 Å². The minimum absolute atomic E-state index is 1.20. The zero-order valence-electron chi connectivity index (χ0n) is 20.0. The molecule has 6 aromatic carbocycles. The van der Waals surface area contributed by atoms with E-state index in [1.54, 1.807) is 0 Å². The highest BCUT2D eigenvalue weighted by molar-refractivity contribution is 6.09. The first-order chi connectivity index (χ1) is 17.9. The molecule has 0 nitrogen and oxygen atoms in total. The second-order valence-corrected chi connectivity index (χ2v) is 8.98. The Morgan fingerprint density at radius 1 is 0.278 bits per heavy atom. The van der Waals surface area contributed by atoms with Gasteiger partial charge in [-0.15, -0.1) is 0 Å². The van der Waals surface area contributed by atoms with Gasteiger partial charge in [-0.25, -0.2) is 0 Å². The molecule has 0 saturated heterocycles. The van der Waals surface area contributed by atoms with E-state index in [0.29, 0.717) is 0 Å². The summed E-state index contributed by atoms with van der Waals surface area (Å²) < 4.78 is 0. The van der Waals surface area contributed by atoms with E-state index in [1.165, 1.54) is 54.9 Å². The molecule has 0 unspecified atom stereocenters. The minimum atomic E-state index is 1.20. The molecule has 0 saturated carbocycles. The average molecular weight is 459 g/mol. The second-order valence-electron chi connectivity index (χ2n) is 8.98. The lowest BCUT2D eigenvalue weighted by Gasteiger charge is -2.14. The van der Waals surface area contributed by atoms with Gasteiger partial charge >= 0.3 is 0 Å². The molecule has 0 aliphatic carbocycles. The number of hydrogen-bond acceptors (Lipinski definition) is 0. The van der Waals surface area contributed by atoms with Gasteiger partial charge in [0.1, 0.15) is 0 Å². The molecule has 0 radical (unpaired) electrons. The fraction of sp³-hybridized carbons (Fsp3) is 0. The average Bonchev–Trinajstić information content (AvgIpc) is 2.96. The van der Waals surface area contributed by atoms with Crippen LogP contribution in [0.5, 0.6) is 0 Å². The summed E-state index contributed by atoms with van der Waals surface area (Å²) in [5.41, 5.74) is 7.39. The summed E-state index contributed by atoms with van der Waals surface area (Å²) >= 11 is 0. The molecule has 0 aliphatic rings. The highest BCUT2D eigenvalue weighted by Gasteiger charge is 2.11. The van der Waals surface area contributed by atoms with Crippen molar-refractivity contribution in [2.45, 2.75) is 0 Å². The number of hydrogen-bond donors (Lipinski definition) is 0. The van der Waals surface area contributed by atoms with Crippen molar-refractivity contribution in [3.05, 3.63) is 156 Å². The van der Waals surface area contributed by atoms with Crippen molar-refractivity contribution in [3.8, 4) is 11.1 Å². The standard InChI is InChI=1S/C36H26/c1-3-11-27(12-4-1)19-21-29-23-25-35(33-17-9-7-15-31(29)33)36-26-24-30(32-16-8-10-18-34(32)36)22-20-28-13-5-2-6-14-28/h1-26H. The zero-order valence-corrected chi connectivity index (χ0v) is 20.0. The summed E-state index contributed by atoms with van der Waals surface area (Å²) in [6, 6.07) is 47.4. The molecule has 0 heterocycles. The van der Waals surface area contributed by atoms with E-state index in [2.05, 4.69) is 158 Å². The second kappa shape index (κ2) is 9.90. The summed E-state index contributed by atoms with van der Waals surface area (Å²) in [7, 11) is 0. The van der Waals surface area contributed by atoms with Crippen LogP contribution in [0.4, 0.5) is 0 Å². The Kier molecular flexibility index (Phi) is 6.00. The van der Waals surface area contributed by atoms with Crippen molar-refractivity contribution in [1.29, 1.82) is 0 Å². The summed E-state index contributed by atoms with van der Waals surface area (Å²) in [5, 5.41) is 5.06. The summed E-state index contributed by atoms with van der Waals surface area (Å²) in [6.07, 6.45) is 8.81. The van der Waals surface area contributed by atoms with Gasteiger partial charge in [0.15, 0.2) is 0 Å². The van der Waals surface area contributed by atoms with Gasteiger partial charge in [0.25, 0.3) is 0 Å². The largest absolute Gasteiger partial charge is 0.0622 e. The van der Waals surface area contributed by atoms with E-state index in [9.17, 15) is 0 Å². The third kappa shape index (κ3) is 4.37. The maximum absolute atomic E-state index is 2.27. The lowest BCUT2D eigenvalue weighted by molar-refractivity contribution is 1.64. The highest BCUT2D eigenvalue weighted by atomic mass is 14.1. The van der Waals surface area contributed by atoms with Gasteiger partial charge in [0, 0.05) is 0 Å². The van der Waals surface area contributed by atoms with Crippen LogP contribution in [0.3, 0.4) is 0 Å². The fourth-order valence-electron chi connectivity index (χ4n) is 4.91. The maximum Gasteiger partial charge on any atom is -0.00987 e. The van der Waals surface area contributed by atoms with Crippen molar-refractivity contribution in [2.24, 2.45) is 0 Å². The molecule has 0 heteroatoms. The summed E-state index contributed by atoms with van der Waals surface area (Å²) in [4.78, 5) is 0. The first-order valence-corrected chi connectivity index (χ1v) is 12.4. The van der Waals surface area contributed by atoms with Crippen LogP contribution < -0.4 is 0 Å². The van der Waals surface area contributed by atoms with E-state index in [0.717, 1.165) is 0 Å². The minimum Gasteiger partial charge on any atom is -0.0622 e. The molecule has 0 bridgehead atoms. The molecule has 170 valence electrons. The first kappa shape index (κ1) is 21.8. The quantitative estimate of drug-likeness (QED) is 0.225. The SMILES string of the molecule is C(=Cc1ccc(-c2ccc(C=Cc3ccccc3)c3ccccc23)c2ccccc12)c1ccccc1. The van der Waals surface area contributed by atoms with E-state index in [4.69, 9.17) is 0 Å². The zero-order chi connectivity index (χ0) is 24.2. The number of fused-ring (bicyclic) bond motifs is 2. The van der Waals surface area contributed by atoms with Crippen molar-refractivity contribution in [3.63, 3.8) is 0 Å². The van der Waals surface area contributed by atoms with Crippen molar-refractivity contribution in [1.82, 2.24) is 0 Å². The smallest absolute Gasteiger partial charge is 0.00987 e. The van der Waals surface area contributed by atoms with Crippen LogP contribution in [0, 0.1) is 0 Å². The Bertz CT molecular complexity index is 1570. The van der Waals surface area contributed by atoms with Crippen molar-refractivity contribution < 1.29 is 0 Å². The molecule has 0 spiro atoms. The van der Waals surface area contributed by atoms with Crippen LogP contribution in [0.2, 0.25) is 0 Å². The Morgan fingerprint density at radius 2 is 0.639 bits per heavy atom. The Morgan fingerprint density at radius 3 is 1.06 bits per heavy atom. The van der Waals surface area contributed by atoms with E-state index >= 15 is 0 Å². The van der Waals surface area contributed by atoms with Gasteiger partial charge in [-0.2, -0.15) is 0 Å². The van der Waals surface area contributed by atoms with E-state index in [1.807, 2.05) is 0 Å². The summed E-state index contributed by atoms with van der Waals surface area (Å²) in [6.45, 7) is 0. The number of rotatable bonds is 5. The van der Waals surface area contributed by atoms with Crippen LogP contribution in [-0.2, 0) is 0 Å². The lowest BCUT2D eigenvalue weighted by Crippen LogP contribution is -1.88. The van der Waals surface area contributed by atoms with Gasteiger partial charge < -0.3 is 0 Å². The van der Waals surface area contributed by atoms with Gasteiger partial charge in [0.05, 0.1) is 0 Å². The van der Waals surface area contributed by atoms with Crippen LogP contribution in [-0.4, -0.2) is 0 Å². The van der Waals surface area contributed by atoms with Crippen LogP contribution >= 0.6 is 0 Å². The van der Waals surface area contributed by atoms with Gasteiger partial charge in [-0.3, -0.25) is 0 Å². The molecule has 0 aromatic heterocycles. The van der Waals surface area contributed by atoms with Crippen molar-refractivity contribution in [2.75, 3.05) is 0 Å². The van der Waals surface area contributed by atoms with Gasteiger partial charge in [-0.1, -0.05) is 158 Å². The molecular formula is C36H26. The first-order valence-electron chi connectivity index (χ1n) is 12.4. The Hall–Kier alpha value is -4.68. The molecule has 6 rings (SSSR count). The molecule has 0 atom stereocenters. The molecular weight excluding hydrogens is 432 g/mol. The molecule has 0 aliphatic heterocycles. The third-order valence-electron chi connectivity index (χ3n) is 6.72. The predicted octanol–water partition coefficient (Wildman–Crippen LogP) is 10.0. The number of benzene rings is 6. The Labute approximate surface area is 212 Å². The predicted molar refractivity (Wildman–Crippen MR) is 158 cm³/mol. The third-order valence-corrected chi connectivity index (χ3v) is 6.72. The topological polar surface area (TPSA) is 0 Å². The molecule has 0 amide bonds. The lowest BCUT2D eigenvalue weighted by atomic mass is 9.90. The van der Waals surface area contributed by atoms with Crippen LogP contribution in [0.25, 0.3) is 57.0 Å². The monoisotopic (exact) mass is 458 g/mol. The summed E-state index contributed by atoms with van der Waals surface area (Å²) in [5.74, 6) is 0. The highest BCUT2D eigenvalue weighted by Crippen LogP contribution is 2.37. The molecule has 0 N–H and O–H groups in total. The van der Waals surface area contributed by atoms with Gasteiger partial charge in [0.2, 0.25) is 0 Å².